The van der Waals surface area contributed by atoms with Crippen LogP contribution in [0.15, 0.2) is 24.5 Å². The smallest absolute Gasteiger partial charge is 0.153 e. The average molecular weight is 144 g/mol. The summed E-state index contributed by atoms with van der Waals surface area (Å²) in [6.45, 7) is 0. The Morgan fingerprint density at radius 2 is 2.00 bits per heavy atom. The zero-order valence-corrected chi connectivity index (χ0v) is 5.42. The van der Waals surface area contributed by atoms with Crippen molar-refractivity contribution in [1.29, 1.82) is 0 Å². The van der Waals surface area contributed by atoms with Crippen LogP contribution in [-0.2, 0) is 0 Å². The monoisotopic (exact) mass is 143 g/mol. The first-order valence-electron chi connectivity index (χ1n) is 2.53. The molecule has 0 aliphatic rings. The zero-order chi connectivity index (χ0) is 6.69. The first-order chi connectivity index (χ1) is 4.30. The third kappa shape index (κ3) is 1.66. The van der Waals surface area contributed by atoms with Gasteiger partial charge in [0, 0.05) is 12.4 Å². The van der Waals surface area contributed by atoms with E-state index >= 15 is 0 Å². The van der Waals surface area contributed by atoms with Crippen molar-refractivity contribution < 1.29 is 5.11 Å². The molecule has 0 aliphatic heterocycles. The maximum absolute atomic E-state index is 8.76. The summed E-state index contributed by atoms with van der Waals surface area (Å²) >= 11 is 5.33. The first-order valence-corrected chi connectivity index (χ1v) is 2.96. The van der Waals surface area contributed by atoms with Gasteiger partial charge in [-0.3, -0.25) is 4.98 Å². The van der Waals surface area contributed by atoms with Crippen molar-refractivity contribution in [3.05, 3.63) is 30.1 Å². The van der Waals surface area contributed by atoms with Crippen LogP contribution in [0.3, 0.4) is 0 Å². The van der Waals surface area contributed by atoms with E-state index < -0.39 is 5.56 Å². The van der Waals surface area contributed by atoms with Crippen molar-refractivity contribution in [2.45, 2.75) is 5.56 Å². The fourth-order valence-corrected chi connectivity index (χ4v) is 0.668. The highest BCUT2D eigenvalue weighted by atomic mass is 35.5. The molecular formula is C6H6ClNO. The number of hydrogen-bond donors (Lipinski definition) is 1. The van der Waals surface area contributed by atoms with Gasteiger partial charge in [0.25, 0.3) is 0 Å². The van der Waals surface area contributed by atoms with Gasteiger partial charge in [-0.25, -0.2) is 0 Å². The number of nitrogens with zero attached hydrogens (tertiary/aromatic N) is 1. The fraction of sp³-hybridized carbons (Fsp3) is 0.167. The molecular weight excluding hydrogens is 138 g/mol. The lowest BCUT2D eigenvalue weighted by molar-refractivity contribution is 0.263. The molecule has 0 radical (unpaired) electrons. The Bertz CT molecular complexity index is 176. The summed E-state index contributed by atoms with van der Waals surface area (Å²) in [4.78, 5) is 3.76. The fourth-order valence-electron chi connectivity index (χ4n) is 0.522. The van der Waals surface area contributed by atoms with Gasteiger partial charge in [0.1, 0.15) is 0 Å². The molecule has 1 heterocycles. The number of aromatic nitrogens is 1. The van der Waals surface area contributed by atoms with Gasteiger partial charge in [-0.1, -0.05) is 11.6 Å². The number of halogens is 1. The molecule has 0 spiro atoms. The van der Waals surface area contributed by atoms with Crippen LogP contribution in [0, 0.1) is 0 Å². The molecule has 0 saturated carbocycles. The van der Waals surface area contributed by atoms with E-state index in [0.29, 0.717) is 5.56 Å². The van der Waals surface area contributed by atoms with Crippen LogP contribution >= 0.6 is 11.6 Å². The summed E-state index contributed by atoms with van der Waals surface area (Å²) in [6.07, 6.45) is 3.17. The Morgan fingerprint density at radius 3 is 2.33 bits per heavy atom. The highest BCUT2D eigenvalue weighted by molar-refractivity contribution is 6.19. The highest BCUT2D eigenvalue weighted by Crippen LogP contribution is 2.13. The second-order valence-corrected chi connectivity index (χ2v) is 2.03. The molecule has 3 heteroatoms. The summed E-state index contributed by atoms with van der Waals surface area (Å²) in [5.74, 6) is 0. The van der Waals surface area contributed by atoms with Crippen LogP contribution in [-0.4, -0.2) is 10.1 Å². The van der Waals surface area contributed by atoms with E-state index in [4.69, 9.17) is 16.7 Å². The Hall–Kier alpha value is -0.600. The molecule has 0 amide bonds. The van der Waals surface area contributed by atoms with Gasteiger partial charge < -0.3 is 5.11 Å². The van der Waals surface area contributed by atoms with Crippen LogP contribution < -0.4 is 0 Å². The molecule has 48 valence electrons. The lowest BCUT2D eigenvalue weighted by atomic mass is 10.3. The molecule has 0 fully saturated rings. The molecule has 9 heavy (non-hydrogen) atoms. The third-order valence-electron chi connectivity index (χ3n) is 0.981. The molecule has 2 nitrogen and oxygen atoms in total. The van der Waals surface area contributed by atoms with Crippen molar-refractivity contribution >= 4 is 11.6 Å². The van der Waals surface area contributed by atoms with Gasteiger partial charge in [0.2, 0.25) is 0 Å². The minimum Gasteiger partial charge on any atom is -0.373 e. The van der Waals surface area contributed by atoms with Gasteiger partial charge in [0.05, 0.1) is 0 Å². The molecule has 1 aromatic rings. The predicted molar refractivity (Wildman–Crippen MR) is 35.0 cm³/mol. The Kier molecular flexibility index (Phi) is 2.03. The largest absolute Gasteiger partial charge is 0.373 e. The normalized spacial score (nSPS) is 13.1. The van der Waals surface area contributed by atoms with Crippen LogP contribution in [0.5, 0.6) is 0 Å². The lowest BCUT2D eigenvalue weighted by Gasteiger charge is -1.98. The SMILES string of the molecule is OC(Cl)c1ccncc1. The predicted octanol–water partition coefficient (Wildman–Crippen LogP) is 1.31. The Morgan fingerprint density at radius 1 is 1.44 bits per heavy atom. The minimum absolute atomic E-state index is 0.673. The highest BCUT2D eigenvalue weighted by Gasteiger charge is 1.98. The summed E-state index contributed by atoms with van der Waals surface area (Å²) in [5, 5.41) is 8.76. The number of hydrogen-bond acceptors (Lipinski definition) is 2. The molecule has 0 aromatic carbocycles. The van der Waals surface area contributed by atoms with Gasteiger partial charge >= 0.3 is 0 Å². The summed E-state index contributed by atoms with van der Waals surface area (Å²) in [5.41, 5.74) is -0.236. The Balaban J connectivity index is 2.85. The van der Waals surface area contributed by atoms with Crippen molar-refractivity contribution in [1.82, 2.24) is 4.98 Å². The van der Waals surface area contributed by atoms with Gasteiger partial charge in [-0.2, -0.15) is 0 Å². The van der Waals surface area contributed by atoms with E-state index in [9.17, 15) is 0 Å². The molecule has 1 N–H and O–H groups in total. The molecule has 1 unspecified atom stereocenters. The first kappa shape index (κ1) is 6.52. The van der Waals surface area contributed by atoms with E-state index in [1.54, 1.807) is 24.5 Å². The topological polar surface area (TPSA) is 33.1 Å². The van der Waals surface area contributed by atoms with Crippen molar-refractivity contribution in [3.8, 4) is 0 Å². The minimum atomic E-state index is -0.909. The van der Waals surface area contributed by atoms with Crippen LogP contribution in [0.4, 0.5) is 0 Å². The van der Waals surface area contributed by atoms with Crippen LogP contribution in [0.1, 0.15) is 11.1 Å². The number of aliphatic hydroxyl groups excluding tert-OH is 1. The van der Waals surface area contributed by atoms with Gasteiger partial charge in [-0.05, 0) is 17.7 Å². The lowest BCUT2D eigenvalue weighted by Crippen LogP contribution is -1.85. The molecule has 1 rings (SSSR count). The number of alkyl halides is 1. The number of aliphatic hydroxyl groups is 1. The van der Waals surface area contributed by atoms with Crippen LogP contribution in [0.2, 0.25) is 0 Å². The van der Waals surface area contributed by atoms with Gasteiger partial charge in [0.15, 0.2) is 5.56 Å². The maximum atomic E-state index is 8.76. The van der Waals surface area contributed by atoms with E-state index in [1.165, 1.54) is 0 Å². The van der Waals surface area contributed by atoms with E-state index in [0.717, 1.165) is 0 Å². The molecule has 0 bridgehead atoms. The van der Waals surface area contributed by atoms with Crippen molar-refractivity contribution in [3.63, 3.8) is 0 Å². The molecule has 0 saturated heterocycles. The van der Waals surface area contributed by atoms with E-state index in [2.05, 4.69) is 4.98 Å². The number of rotatable bonds is 1. The summed E-state index contributed by atoms with van der Waals surface area (Å²) in [7, 11) is 0. The molecule has 1 aromatic heterocycles. The van der Waals surface area contributed by atoms with E-state index in [-0.39, 0.29) is 0 Å². The van der Waals surface area contributed by atoms with Gasteiger partial charge in [-0.15, -0.1) is 0 Å². The summed E-state index contributed by atoms with van der Waals surface area (Å²) in [6, 6.07) is 3.33. The summed E-state index contributed by atoms with van der Waals surface area (Å²) < 4.78 is 0. The van der Waals surface area contributed by atoms with Crippen LogP contribution in [0.25, 0.3) is 0 Å². The molecule has 0 aliphatic carbocycles. The van der Waals surface area contributed by atoms with E-state index in [1.807, 2.05) is 0 Å². The van der Waals surface area contributed by atoms with Crippen molar-refractivity contribution in [2.24, 2.45) is 0 Å². The second kappa shape index (κ2) is 2.80. The molecule has 1 atom stereocenters. The second-order valence-electron chi connectivity index (χ2n) is 1.62. The quantitative estimate of drug-likeness (QED) is 0.602. The third-order valence-corrected chi connectivity index (χ3v) is 1.23. The zero-order valence-electron chi connectivity index (χ0n) is 4.66. The Labute approximate surface area is 58.1 Å². The number of pyridine rings is 1. The maximum Gasteiger partial charge on any atom is 0.153 e. The van der Waals surface area contributed by atoms with Crippen molar-refractivity contribution in [2.75, 3.05) is 0 Å². The average Bonchev–Trinajstić information content (AvgIpc) is 1.90. The standard InChI is InChI=1S/C6H6ClNO/c7-6(9)5-1-3-8-4-2-5/h1-4,6,9H.